The Hall–Kier alpha value is -3.61. The number of allylic oxidation sites excluding steroid dienone is 1. The number of nitrogens with zero attached hydrogens (tertiary/aromatic N) is 1. The lowest BCUT2D eigenvalue weighted by atomic mass is 9.95. The fourth-order valence-corrected chi connectivity index (χ4v) is 3.97. The van der Waals surface area contributed by atoms with E-state index >= 15 is 0 Å². The first-order valence-corrected chi connectivity index (χ1v) is 12.0. The summed E-state index contributed by atoms with van der Waals surface area (Å²) in [4.78, 5) is 27.1. The number of halogens is 6. The zero-order valence-electron chi connectivity index (χ0n) is 21.3. The number of carbonyl (C=O) groups is 2. The van der Waals surface area contributed by atoms with Crippen molar-refractivity contribution in [2.24, 2.45) is 5.92 Å². The molecule has 3 rings (SSSR count). The van der Waals surface area contributed by atoms with Gasteiger partial charge in [0.25, 0.3) is 5.91 Å². The van der Waals surface area contributed by atoms with E-state index in [-0.39, 0.29) is 24.3 Å². The number of esters is 1. The molecule has 1 aliphatic heterocycles. The molecular weight excluding hydrogens is 548 g/mol. The Bertz CT molecular complexity index is 1270. The van der Waals surface area contributed by atoms with Crippen LogP contribution in [0, 0.1) is 5.92 Å². The van der Waals surface area contributed by atoms with Crippen LogP contribution < -0.4 is 10.6 Å². The molecule has 0 fully saturated rings. The minimum Gasteiger partial charge on any atom is -0.462 e. The van der Waals surface area contributed by atoms with E-state index in [0.29, 0.717) is 34.1 Å². The normalized spacial score (nSPS) is 16.3. The van der Waals surface area contributed by atoms with Crippen molar-refractivity contribution >= 4 is 34.9 Å². The summed E-state index contributed by atoms with van der Waals surface area (Å²) in [5.41, 5.74) is -2.46. The third-order valence-corrected chi connectivity index (χ3v) is 6.27. The Morgan fingerprint density at radius 2 is 1.56 bits per heavy atom. The minimum absolute atomic E-state index is 0.0517. The van der Waals surface area contributed by atoms with E-state index in [9.17, 15) is 35.9 Å². The predicted octanol–water partition coefficient (Wildman–Crippen LogP) is 6.31. The molecule has 2 aromatic carbocycles. The van der Waals surface area contributed by atoms with Crippen molar-refractivity contribution in [1.29, 1.82) is 0 Å². The standard InChI is InChI=1S/C26H25F6N3O3S/c1-13(2)12-38-23(37)20-14(3)35(4)24(39)34-21(20)15-5-7-19(8-6-15)33-22(36)16-9-17(25(27,28)29)11-18(10-16)26(30,31)32/h5-11,13,21H,12H2,1-4H3,(H,33,36)(H,34,39). The molecule has 2 aromatic rings. The highest BCUT2D eigenvalue weighted by atomic mass is 32.1. The van der Waals surface area contributed by atoms with Crippen molar-refractivity contribution < 1.29 is 40.7 Å². The SMILES string of the molecule is CC1=C(C(=O)OCC(C)C)C(c2ccc(NC(=O)c3cc(C(F)(F)F)cc(C(F)(F)F)c3)cc2)NC(=S)N1C. The third-order valence-electron chi connectivity index (χ3n) is 5.87. The van der Waals surface area contributed by atoms with E-state index in [1.54, 1.807) is 18.9 Å². The summed E-state index contributed by atoms with van der Waals surface area (Å²) >= 11 is 5.35. The Morgan fingerprint density at radius 3 is 2.05 bits per heavy atom. The summed E-state index contributed by atoms with van der Waals surface area (Å²) in [5, 5.41) is 5.71. The van der Waals surface area contributed by atoms with Crippen LogP contribution in [0.3, 0.4) is 0 Å². The van der Waals surface area contributed by atoms with Crippen molar-refractivity contribution in [3.05, 3.63) is 76.0 Å². The number of benzene rings is 2. The summed E-state index contributed by atoms with van der Waals surface area (Å²) in [6.45, 7) is 5.70. The lowest BCUT2D eigenvalue weighted by Gasteiger charge is -2.35. The van der Waals surface area contributed by atoms with Crippen LogP contribution in [-0.2, 0) is 21.9 Å². The highest BCUT2D eigenvalue weighted by molar-refractivity contribution is 7.80. The summed E-state index contributed by atoms with van der Waals surface area (Å²) in [5.74, 6) is -1.60. The first kappa shape index (κ1) is 29.9. The van der Waals surface area contributed by atoms with Gasteiger partial charge in [-0.05, 0) is 61.0 Å². The van der Waals surface area contributed by atoms with Crippen LogP contribution in [0.15, 0.2) is 53.7 Å². The summed E-state index contributed by atoms with van der Waals surface area (Å²) < 4.78 is 84.3. The maximum Gasteiger partial charge on any atom is 0.416 e. The molecule has 39 heavy (non-hydrogen) atoms. The molecular formula is C26H25F6N3O3S. The number of hydrogen-bond donors (Lipinski definition) is 2. The molecule has 2 N–H and O–H groups in total. The van der Waals surface area contributed by atoms with Gasteiger partial charge in [-0.15, -0.1) is 0 Å². The van der Waals surface area contributed by atoms with Crippen LogP contribution in [0.25, 0.3) is 0 Å². The molecule has 0 spiro atoms. The Morgan fingerprint density at radius 1 is 1.03 bits per heavy atom. The van der Waals surface area contributed by atoms with Crippen LogP contribution in [0.5, 0.6) is 0 Å². The average Bonchev–Trinajstić information content (AvgIpc) is 2.84. The Labute approximate surface area is 226 Å². The molecule has 0 bridgehead atoms. The second-order valence-corrected chi connectivity index (χ2v) is 9.69. The minimum atomic E-state index is -5.08. The second-order valence-electron chi connectivity index (χ2n) is 9.30. The fraction of sp³-hybridized carbons (Fsp3) is 0.346. The van der Waals surface area contributed by atoms with Gasteiger partial charge < -0.3 is 20.3 Å². The third kappa shape index (κ3) is 7.08. The highest BCUT2D eigenvalue weighted by Crippen LogP contribution is 2.37. The van der Waals surface area contributed by atoms with Gasteiger partial charge in [0.2, 0.25) is 0 Å². The number of amides is 1. The molecule has 210 valence electrons. The molecule has 0 saturated carbocycles. The van der Waals surface area contributed by atoms with Gasteiger partial charge >= 0.3 is 18.3 Å². The maximum absolute atomic E-state index is 13.1. The Balaban J connectivity index is 1.88. The summed E-state index contributed by atoms with van der Waals surface area (Å²) in [7, 11) is 1.69. The molecule has 0 saturated heterocycles. The molecule has 6 nitrogen and oxygen atoms in total. The molecule has 1 aliphatic rings. The zero-order chi connectivity index (χ0) is 29.3. The predicted molar refractivity (Wildman–Crippen MR) is 136 cm³/mol. The monoisotopic (exact) mass is 573 g/mol. The van der Waals surface area contributed by atoms with Gasteiger partial charge in [0.15, 0.2) is 5.11 Å². The van der Waals surface area contributed by atoms with E-state index in [4.69, 9.17) is 17.0 Å². The van der Waals surface area contributed by atoms with Gasteiger partial charge in [-0.3, -0.25) is 4.79 Å². The summed E-state index contributed by atoms with van der Waals surface area (Å²) in [6, 6.07) is 5.84. The van der Waals surface area contributed by atoms with Gasteiger partial charge in [0, 0.05) is 24.0 Å². The number of anilines is 1. The number of rotatable bonds is 6. The quantitative estimate of drug-likeness (QED) is 0.240. The molecule has 13 heteroatoms. The smallest absolute Gasteiger partial charge is 0.416 e. The number of ether oxygens (including phenoxy) is 1. The van der Waals surface area contributed by atoms with Gasteiger partial charge in [-0.2, -0.15) is 26.3 Å². The van der Waals surface area contributed by atoms with E-state index in [2.05, 4.69) is 10.6 Å². The van der Waals surface area contributed by atoms with Gasteiger partial charge in [-0.25, -0.2) is 4.79 Å². The number of hydrogen-bond acceptors (Lipinski definition) is 4. The van der Waals surface area contributed by atoms with Crippen LogP contribution in [-0.4, -0.2) is 35.5 Å². The number of carbonyl (C=O) groups excluding carboxylic acids is 2. The number of thiocarbonyl (C=S) groups is 1. The van der Waals surface area contributed by atoms with Crippen molar-refractivity contribution in [3.8, 4) is 0 Å². The zero-order valence-corrected chi connectivity index (χ0v) is 22.1. The van der Waals surface area contributed by atoms with Crippen molar-refractivity contribution in [1.82, 2.24) is 10.2 Å². The fourth-order valence-electron chi connectivity index (χ4n) is 3.72. The van der Waals surface area contributed by atoms with E-state index < -0.39 is 47.0 Å². The van der Waals surface area contributed by atoms with Crippen LogP contribution in [0.2, 0.25) is 0 Å². The maximum atomic E-state index is 13.1. The lowest BCUT2D eigenvalue weighted by molar-refractivity contribution is -0.143. The molecule has 1 amide bonds. The van der Waals surface area contributed by atoms with Gasteiger partial charge in [0.1, 0.15) is 0 Å². The topological polar surface area (TPSA) is 70.7 Å². The summed E-state index contributed by atoms with van der Waals surface area (Å²) in [6.07, 6.45) is -10.2. The van der Waals surface area contributed by atoms with Crippen LogP contribution in [0.4, 0.5) is 32.0 Å². The lowest BCUT2D eigenvalue weighted by Crippen LogP contribution is -2.46. The van der Waals surface area contributed by atoms with Crippen molar-refractivity contribution in [2.75, 3.05) is 19.0 Å². The van der Waals surface area contributed by atoms with Crippen molar-refractivity contribution in [3.63, 3.8) is 0 Å². The van der Waals surface area contributed by atoms with Crippen LogP contribution in [0.1, 0.15) is 53.9 Å². The molecule has 0 aromatic heterocycles. The first-order valence-electron chi connectivity index (χ1n) is 11.6. The second kappa shape index (κ2) is 11.2. The van der Waals surface area contributed by atoms with E-state index in [1.165, 1.54) is 24.3 Å². The molecule has 1 heterocycles. The van der Waals surface area contributed by atoms with Gasteiger partial charge in [0.05, 0.1) is 29.3 Å². The molecule has 0 aliphatic carbocycles. The molecule has 0 radical (unpaired) electrons. The average molecular weight is 574 g/mol. The van der Waals surface area contributed by atoms with Crippen molar-refractivity contribution in [2.45, 2.75) is 39.2 Å². The van der Waals surface area contributed by atoms with E-state index in [0.717, 1.165) is 0 Å². The first-order chi connectivity index (χ1) is 18.0. The number of nitrogens with one attached hydrogen (secondary N) is 2. The highest BCUT2D eigenvalue weighted by Gasteiger charge is 2.38. The van der Waals surface area contributed by atoms with E-state index in [1.807, 2.05) is 13.8 Å². The number of alkyl halides is 6. The van der Waals surface area contributed by atoms with Crippen LogP contribution >= 0.6 is 12.2 Å². The van der Waals surface area contributed by atoms with Gasteiger partial charge in [-0.1, -0.05) is 26.0 Å². The molecule has 1 unspecified atom stereocenters. The molecule has 1 atom stereocenters. The Kier molecular flexibility index (Phi) is 8.63. The largest absolute Gasteiger partial charge is 0.462 e.